The second-order valence-corrected chi connectivity index (χ2v) is 7.39. The van der Waals surface area contributed by atoms with E-state index in [2.05, 4.69) is 17.6 Å². The molecule has 0 aromatic carbocycles. The third kappa shape index (κ3) is 6.55. The van der Waals surface area contributed by atoms with E-state index in [0.29, 0.717) is 24.8 Å². The van der Waals surface area contributed by atoms with Gasteiger partial charge >= 0.3 is 0 Å². The average Bonchev–Trinajstić information content (AvgIpc) is 2.85. The molecule has 1 aromatic heterocycles. The molecule has 1 amide bonds. The first-order valence-electron chi connectivity index (χ1n) is 7.37. The predicted molar refractivity (Wildman–Crippen MR) is 92.7 cm³/mol. The molecule has 3 nitrogen and oxygen atoms in total. The summed E-state index contributed by atoms with van der Waals surface area (Å²) in [6, 6.07) is 3.93. The number of rotatable bonds is 6. The summed E-state index contributed by atoms with van der Waals surface area (Å²) < 4.78 is 0.810. The molecule has 2 heterocycles. The van der Waals surface area contributed by atoms with Crippen molar-refractivity contribution in [3.8, 4) is 0 Å². The van der Waals surface area contributed by atoms with Crippen LogP contribution in [0.5, 0.6) is 0 Å². The average molecular weight is 351 g/mol. The van der Waals surface area contributed by atoms with Crippen LogP contribution in [0.4, 0.5) is 0 Å². The van der Waals surface area contributed by atoms with Crippen molar-refractivity contribution in [3.63, 3.8) is 0 Å². The molecule has 2 unspecified atom stereocenters. The summed E-state index contributed by atoms with van der Waals surface area (Å²) in [7, 11) is 0. The zero-order valence-corrected chi connectivity index (χ0v) is 14.8. The van der Waals surface area contributed by atoms with E-state index >= 15 is 0 Å². The van der Waals surface area contributed by atoms with Gasteiger partial charge in [0.2, 0.25) is 5.91 Å². The summed E-state index contributed by atoms with van der Waals surface area (Å²) in [5, 5.41) is 6.43. The van der Waals surface area contributed by atoms with Gasteiger partial charge in [0.25, 0.3) is 0 Å². The largest absolute Gasteiger partial charge is 0.356 e. The standard InChI is InChI=1S/C15H23ClN2OS.ClH/c1-11(12-3-2-7-17-10-12)9-15(19)18-8-6-13-4-5-14(16)20-13;/h4-5,11-12,17H,2-3,6-10H2,1H3,(H,18,19);1H. The molecule has 1 aliphatic heterocycles. The highest BCUT2D eigenvalue weighted by Gasteiger charge is 2.21. The second-order valence-electron chi connectivity index (χ2n) is 5.59. The second kappa shape index (κ2) is 9.67. The fourth-order valence-corrected chi connectivity index (χ4v) is 3.79. The molecule has 2 atom stereocenters. The third-order valence-electron chi connectivity index (χ3n) is 3.97. The van der Waals surface area contributed by atoms with E-state index in [-0.39, 0.29) is 18.3 Å². The van der Waals surface area contributed by atoms with Crippen LogP contribution in [-0.2, 0) is 11.2 Å². The molecule has 2 N–H and O–H groups in total. The Balaban J connectivity index is 0.00000220. The number of piperidine rings is 1. The molecule has 0 bridgehead atoms. The minimum atomic E-state index is 0. The van der Waals surface area contributed by atoms with Crippen molar-refractivity contribution >= 4 is 41.3 Å². The van der Waals surface area contributed by atoms with Crippen LogP contribution in [0.25, 0.3) is 0 Å². The molecule has 0 radical (unpaired) electrons. The van der Waals surface area contributed by atoms with Crippen LogP contribution in [0.1, 0.15) is 31.1 Å². The highest BCUT2D eigenvalue weighted by molar-refractivity contribution is 7.16. The summed E-state index contributed by atoms with van der Waals surface area (Å²) in [6.45, 7) is 5.07. The lowest BCUT2D eigenvalue weighted by Crippen LogP contribution is -2.35. The number of thiophene rings is 1. The Morgan fingerprint density at radius 1 is 1.57 bits per heavy atom. The Morgan fingerprint density at radius 2 is 2.38 bits per heavy atom. The van der Waals surface area contributed by atoms with Gasteiger partial charge in [0.1, 0.15) is 0 Å². The van der Waals surface area contributed by atoms with E-state index < -0.39 is 0 Å². The number of amides is 1. The Morgan fingerprint density at radius 3 is 3.00 bits per heavy atom. The maximum Gasteiger partial charge on any atom is 0.220 e. The lowest BCUT2D eigenvalue weighted by atomic mass is 9.85. The summed E-state index contributed by atoms with van der Waals surface area (Å²) in [5.41, 5.74) is 0. The van der Waals surface area contributed by atoms with E-state index in [4.69, 9.17) is 11.6 Å². The van der Waals surface area contributed by atoms with Gasteiger partial charge in [-0.2, -0.15) is 0 Å². The maximum atomic E-state index is 11.9. The number of hydrogen-bond donors (Lipinski definition) is 2. The molecular weight excluding hydrogens is 327 g/mol. The first kappa shape index (κ1) is 18.8. The Hall–Kier alpha value is -0.290. The Bertz CT molecular complexity index is 433. The van der Waals surface area contributed by atoms with E-state index in [0.717, 1.165) is 23.8 Å². The molecule has 1 fully saturated rings. The SMILES string of the molecule is CC(CC(=O)NCCc1ccc(Cl)s1)C1CCCNC1.Cl. The molecule has 6 heteroatoms. The zero-order chi connectivity index (χ0) is 14.4. The minimum absolute atomic E-state index is 0. The summed E-state index contributed by atoms with van der Waals surface area (Å²) in [6.07, 6.45) is 3.98. The van der Waals surface area contributed by atoms with E-state index in [1.165, 1.54) is 17.7 Å². The monoisotopic (exact) mass is 350 g/mol. The van der Waals surface area contributed by atoms with Crippen molar-refractivity contribution in [3.05, 3.63) is 21.3 Å². The molecule has 21 heavy (non-hydrogen) atoms. The summed E-state index contributed by atoms with van der Waals surface area (Å²) >= 11 is 7.46. The van der Waals surface area contributed by atoms with Gasteiger partial charge in [-0.1, -0.05) is 18.5 Å². The van der Waals surface area contributed by atoms with Crippen molar-refractivity contribution < 1.29 is 4.79 Å². The fraction of sp³-hybridized carbons (Fsp3) is 0.667. The Labute approximate surface area is 142 Å². The molecular formula is C15H24Cl2N2OS. The van der Waals surface area contributed by atoms with Gasteiger partial charge in [-0.05, 0) is 56.3 Å². The summed E-state index contributed by atoms with van der Waals surface area (Å²) in [4.78, 5) is 13.2. The number of halogens is 2. The number of hydrogen-bond acceptors (Lipinski definition) is 3. The van der Waals surface area contributed by atoms with Gasteiger partial charge in [-0.15, -0.1) is 23.7 Å². The fourth-order valence-electron chi connectivity index (χ4n) is 2.71. The first-order chi connectivity index (χ1) is 9.65. The molecule has 1 aliphatic rings. The minimum Gasteiger partial charge on any atom is -0.356 e. The van der Waals surface area contributed by atoms with Crippen LogP contribution in [0, 0.1) is 11.8 Å². The quantitative estimate of drug-likeness (QED) is 0.824. The zero-order valence-electron chi connectivity index (χ0n) is 12.4. The van der Waals surface area contributed by atoms with E-state index in [9.17, 15) is 4.79 Å². The Kier molecular flexibility index (Phi) is 8.64. The van der Waals surface area contributed by atoms with Gasteiger partial charge in [0.05, 0.1) is 4.34 Å². The lowest BCUT2D eigenvalue weighted by Gasteiger charge is -2.28. The maximum absolute atomic E-state index is 11.9. The van der Waals surface area contributed by atoms with Crippen molar-refractivity contribution in [2.24, 2.45) is 11.8 Å². The molecule has 0 saturated carbocycles. The lowest BCUT2D eigenvalue weighted by molar-refractivity contribution is -0.122. The van der Waals surface area contributed by atoms with Crippen LogP contribution in [0.15, 0.2) is 12.1 Å². The van der Waals surface area contributed by atoms with Gasteiger partial charge in [0.15, 0.2) is 0 Å². The van der Waals surface area contributed by atoms with Crippen LogP contribution in [0.3, 0.4) is 0 Å². The van der Waals surface area contributed by atoms with Crippen molar-refractivity contribution in [2.45, 2.75) is 32.6 Å². The highest BCUT2D eigenvalue weighted by Crippen LogP contribution is 2.23. The van der Waals surface area contributed by atoms with Crippen molar-refractivity contribution in [1.29, 1.82) is 0 Å². The highest BCUT2D eigenvalue weighted by atomic mass is 35.5. The molecule has 1 aromatic rings. The van der Waals surface area contributed by atoms with E-state index in [1.54, 1.807) is 11.3 Å². The van der Waals surface area contributed by atoms with Crippen molar-refractivity contribution in [2.75, 3.05) is 19.6 Å². The normalized spacial score (nSPS) is 19.6. The van der Waals surface area contributed by atoms with Gasteiger partial charge in [-0.25, -0.2) is 0 Å². The van der Waals surface area contributed by atoms with Crippen molar-refractivity contribution in [1.82, 2.24) is 10.6 Å². The van der Waals surface area contributed by atoms with Crippen LogP contribution >= 0.6 is 35.3 Å². The van der Waals surface area contributed by atoms with Gasteiger partial charge in [-0.3, -0.25) is 4.79 Å². The van der Waals surface area contributed by atoms with Gasteiger partial charge in [0, 0.05) is 17.8 Å². The summed E-state index contributed by atoms with van der Waals surface area (Å²) in [5.74, 6) is 1.27. The number of carbonyl (C=O) groups excluding carboxylic acids is 1. The smallest absolute Gasteiger partial charge is 0.220 e. The third-order valence-corrected chi connectivity index (χ3v) is 5.26. The van der Waals surface area contributed by atoms with Crippen LogP contribution in [0.2, 0.25) is 4.34 Å². The molecule has 120 valence electrons. The topological polar surface area (TPSA) is 41.1 Å². The molecule has 1 saturated heterocycles. The van der Waals surface area contributed by atoms with Gasteiger partial charge < -0.3 is 10.6 Å². The molecule has 2 rings (SSSR count). The molecule has 0 aliphatic carbocycles. The number of carbonyl (C=O) groups is 1. The number of nitrogens with one attached hydrogen (secondary N) is 2. The first-order valence-corrected chi connectivity index (χ1v) is 8.56. The predicted octanol–water partition coefficient (Wildman–Crippen LogP) is 3.51. The molecule has 0 spiro atoms. The van der Waals surface area contributed by atoms with Crippen LogP contribution in [-0.4, -0.2) is 25.5 Å². The van der Waals surface area contributed by atoms with Crippen LogP contribution < -0.4 is 10.6 Å². The van der Waals surface area contributed by atoms with E-state index in [1.807, 2.05) is 12.1 Å².